The summed E-state index contributed by atoms with van der Waals surface area (Å²) in [6.07, 6.45) is 0. The summed E-state index contributed by atoms with van der Waals surface area (Å²) in [4.78, 5) is 13.9. The van der Waals surface area contributed by atoms with Crippen LogP contribution in [0.1, 0.15) is 21.5 Å². The molecule has 0 unspecified atom stereocenters. The van der Waals surface area contributed by atoms with Crippen LogP contribution >= 0.6 is 0 Å². The van der Waals surface area contributed by atoms with Gasteiger partial charge in [0.05, 0.1) is 5.69 Å². The molecule has 0 saturated carbocycles. The van der Waals surface area contributed by atoms with Crippen LogP contribution < -0.4 is 4.90 Å². The molecule has 0 saturated heterocycles. The third-order valence-electron chi connectivity index (χ3n) is 3.36. The lowest BCUT2D eigenvalue weighted by atomic mass is 10.1. The number of carbonyl (C=O) groups is 1. The predicted molar refractivity (Wildman–Crippen MR) is 75.9 cm³/mol. The molecule has 1 aliphatic rings. The Balaban J connectivity index is 2.00. The van der Waals surface area contributed by atoms with Crippen molar-refractivity contribution in [2.24, 2.45) is 0 Å². The van der Waals surface area contributed by atoms with Crippen LogP contribution in [0.25, 0.3) is 0 Å². The van der Waals surface area contributed by atoms with E-state index in [1.807, 2.05) is 55.5 Å². The topological polar surface area (TPSA) is 44.2 Å². The molecule has 1 heterocycles. The molecule has 3 nitrogen and oxygen atoms in total. The van der Waals surface area contributed by atoms with Crippen molar-refractivity contribution in [2.45, 2.75) is 13.5 Å². The third kappa shape index (κ3) is 1.93. The summed E-state index contributed by atoms with van der Waals surface area (Å²) in [7, 11) is 0. The quantitative estimate of drug-likeness (QED) is 0.889. The first-order chi connectivity index (χ1) is 9.16. The van der Waals surface area contributed by atoms with Gasteiger partial charge in [-0.05, 0) is 24.6 Å². The van der Waals surface area contributed by atoms with Gasteiger partial charge in [0, 0.05) is 12.1 Å². The first-order valence-electron chi connectivity index (χ1n) is 6.22. The summed E-state index contributed by atoms with van der Waals surface area (Å²) in [6.45, 7) is 2.51. The molecule has 19 heavy (non-hydrogen) atoms. The molecular formula is C16H14N2O. The number of rotatable bonds is 2. The molecule has 0 amide bonds. The number of anilines is 1. The van der Waals surface area contributed by atoms with Gasteiger partial charge in [0.1, 0.15) is 0 Å². The number of fused-ring (bicyclic) bond motifs is 1. The van der Waals surface area contributed by atoms with Crippen molar-refractivity contribution >= 4 is 17.3 Å². The van der Waals surface area contributed by atoms with Crippen LogP contribution in [0.15, 0.2) is 48.5 Å². The smallest absolute Gasteiger partial charge is 0.229 e. The first-order valence-corrected chi connectivity index (χ1v) is 6.22. The Labute approximate surface area is 112 Å². The highest BCUT2D eigenvalue weighted by Gasteiger charge is 2.32. The van der Waals surface area contributed by atoms with E-state index in [1.165, 1.54) is 0 Å². The number of hydrogen-bond donors (Lipinski definition) is 1. The van der Waals surface area contributed by atoms with Crippen molar-refractivity contribution in [1.82, 2.24) is 0 Å². The van der Waals surface area contributed by atoms with Crippen molar-refractivity contribution in [2.75, 3.05) is 4.90 Å². The lowest BCUT2D eigenvalue weighted by molar-refractivity contribution is 0.106. The lowest BCUT2D eigenvalue weighted by Gasteiger charge is -2.18. The highest BCUT2D eigenvalue weighted by atomic mass is 16.1. The monoisotopic (exact) mass is 250 g/mol. The molecule has 3 heteroatoms. The number of ketones is 1. The molecule has 2 aromatic carbocycles. The van der Waals surface area contributed by atoms with Crippen molar-refractivity contribution in [3.8, 4) is 0 Å². The van der Waals surface area contributed by atoms with Gasteiger partial charge < -0.3 is 4.90 Å². The normalized spacial score (nSPS) is 13.8. The average Bonchev–Trinajstić information content (AvgIpc) is 2.65. The molecular weight excluding hydrogens is 236 g/mol. The predicted octanol–water partition coefficient (Wildman–Crippen LogP) is 3.18. The first kappa shape index (κ1) is 11.7. The van der Waals surface area contributed by atoms with Crippen molar-refractivity contribution in [3.63, 3.8) is 0 Å². The Bertz CT molecular complexity index is 662. The SMILES string of the molecule is Cc1ccc2c(c1)C(=O)C(=N)N2Cc1ccccc1. The number of carbonyl (C=O) groups excluding carboxylic acids is 1. The molecule has 0 fully saturated rings. The van der Waals surface area contributed by atoms with Gasteiger partial charge in [-0.3, -0.25) is 10.2 Å². The Kier molecular flexibility index (Phi) is 2.67. The van der Waals surface area contributed by atoms with Gasteiger partial charge in [-0.15, -0.1) is 0 Å². The number of amidine groups is 1. The second-order valence-electron chi connectivity index (χ2n) is 4.77. The number of hydrogen-bond acceptors (Lipinski definition) is 2. The second kappa shape index (κ2) is 4.35. The molecule has 0 radical (unpaired) electrons. The number of Topliss-reactive ketones (excluding diaryl/α,β-unsaturated/α-hetero) is 1. The van der Waals surface area contributed by atoms with E-state index >= 15 is 0 Å². The molecule has 0 aromatic heterocycles. The fourth-order valence-corrected chi connectivity index (χ4v) is 2.37. The molecule has 0 atom stereocenters. The maximum atomic E-state index is 12.1. The molecule has 1 N–H and O–H groups in total. The fourth-order valence-electron chi connectivity index (χ4n) is 2.37. The molecule has 1 aliphatic heterocycles. The molecule has 2 aromatic rings. The van der Waals surface area contributed by atoms with Crippen molar-refractivity contribution in [1.29, 1.82) is 5.41 Å². The van der Waals surface area contributed by atoms with Crippen LogP contribution in [0.5, 0.6) is 0 Å². The average molecular weight is 250 g/mol. The molecule has 3 rings (SSSR count). The zero-order chi connectivity index (χ0) is 13.4. The van der Waals surface area contributed by atoms with Crippen LogP contribution in [-0.4, -0.2) is 11.6 Å². The molecule has 0 bridgehead atoms. The Hall–Kier alpha value is -2.42. The van der Waals surface area contributed by atoms with Gasteiger partial charge in [-0.25, -0.2) is 0 Å². The van der Waals surface area contributed by atoms with E-state index < -0.39 is 0 Å². The second-order valence-corrected chi connectivity index (χ2v) is 4.77. The lowest BCUT2D eigenvalue weighted by Crippen LogP contribution is -2.28. The van der Waals surface area contributed by atoms with E-state index in [4.69, 9.17) is 5.41 Å². The van der Waals surface area contributed by atoms with E-state index in [1.54, 1.807) is 4.90 Å². The number of nitrogens with zero attached hydrogens (tertiary/aromatic N) is 1. The zero-order valence-electron chi connectivity index (χ0n) is 10.7. The highest BCUT2D eigenvalue weighted by molar-refractivity contribution is 6.53. The van der Waals surface area contributed by atoms with E-state index in [9.17, 15) is 4.79 Å². The van der Waals surface area contributed by atoms with Gasteiger partial charge in [0.15, 0.2) is 5.84 Å². The third-order valence-corrected chi connectivity index (χ3v) is 3.36. The number of benzene rings is 2. The zero-order valence-corrected chi connectivity index (χ0v) is 10.7. The molecule has 94 valence electrons. The standard InChI is InChI=1S/C16H14N2O/c1-11-7-8-14-13(9-11)15(19)16(17)18(14)10-12-5-3-2-4-6-12/h2-9,17H,10H2,1H3. The minimum absolute atomic E-state index is 0.0597. The summed E-state index contributed by atoms with van der Waals surface area (Å²) >= 11 is 0. The van der Waals surface area contributed by atoms with E-state index in [0.717, 1.165) is 16.8 Å². The van der Waals surface area contributed by atoms with Gasteiger partial charge in [-0.1, -0.05) is 42.0 Å². The van der Waals surface area contributed by atoms with E-state index in [2.05, 4.69) is 0 Å². The Morgan fingerprint density at radius 3 is 2.58 bits per heavy atom. The van der Waals surface area contributed by atoms with Crippen LogP contribution in [0.3, 0.4) is 0 Å². The number of nitrogens with one attached hydrogen (secondary N) is 1. The van der Waals surface area contributed by atoms with Gasteiger partial charge >= 0.3 is 0 Å². The van der Waals surface area contributed by atoms with Crippen molar-refractivity contribution in [3.05, 3.63) is 65.2 Å². The Morgan fingerprint density at radius 2 is 1.84 bits per heavy atom. The summed E-state index contributed by atoms with van der Waals surface area (Å²) < 4.78 is 0. The summed E-state index contributed by atoms with van der Waals surface area (Å²) in [5.41, 5.74) is 3.61. The molecule has 0 aliphatic carbocycles. The summed E-state index contributed by atoms with van der Waals surface area (Å²) in [5, 5.41) is 7.99. The highest BCUT2D eigenvalue weighted by Crippen LogP contribution is 2.31. The largest absolute Gasteiger partial charge is 0.318 e. The van der Waals surface area contributed by atoms with E-state index in [0.29, 0.717) is 12.1 Å². The summed E-state index contributed by atoms with van der Waals surface area (Å²) in [5.74, 6) is -0.126. The van der Waals surface area contributed by atoms with Crippen LogP contribution in [0.4, 0.5) is 5.69 Å². The van der Waals surface area contributed by atoms with Gasteiger partial charge in [0.2, 0.25) is 5.78 Å². The minimum atomic E-state index is -0.186. The van der Waals surface area contributed by atoms with E-state index in [-0.39, 0.29) is 11.6 Å². The number of aryl methyl sites for hydroxylation is 1. The fraction of sp³-hybridized carbons (Fsp3) is 0.125. The van der Waals surface area contributed by atoms with Crippen LogP contribution in [0.2, 0.25) is 0 Å². The van der Waals surface area contributed by atoms with Crippen LogP contribution in [0, 0.1) is 12.3 Å². The maximum absolute atomic E-state index is 12.1. The Morgan fingerprint density at radius 1 is 1.11 bits per heavy atom. The van der Waals surface area contributed by atoms with Gasteiger partial charge in [0.25, 0.3) is 0 Å². The molecule has 0 spiro atoms. The summed E-state index contributed by atoms with van der Waals surface area (Å²) in [6, 6.07) is 15.7. The van der Waals surface area contributed by atoms with Crippen LogP contribution in [-0.2, 0) is 6.54 Å². The van der Waals surface area contributed by atoms with Gasteiger partial charge in [-0.2, -0.15) is 0 Å². The van der Waals surface area contributed by atoms with Crippen molar-refractivity contribution < 1.29 is 4.79 Å². The maximum Gasteiger partial charge on any atom is 0.229 e. The minimum Gasteiger partial charge on any atom is -0.318 e.